The Morgan fingerprint density at radius 2 is 2.15 bits per heavy atom. The maximum atomic E-state index is 13.0. The van der Waals surface area contributed by atoms with Gasteiger partial charge in [-0.05, 0) is 67.2 Å². The summed E-state index contributed by atoms with van der Waals surface area (Å²) in [5, 5.41) is 3.04. The highest BCUT2D eigenvalue weighted by Gasteiger charge is 2.36. The molecule has 0 aromatic heterocycles. The molecular formula is C21H28N2O3S. The van der Waals surface area contributed by atoms with Crippen LogP contribution in [-0.2, 0) is 16.0 Å². The van der Waals surface area contributed by atoms with Crippen LogP contribution in [0.3, 0.4) is 0 Å². The van der Waals surface area contributed by atoms with Gasteiger partial charge in [-0.3, -0.25) is 9.59 Å². The van der Waals surface area contributed by atoms with Crippen molar-refractivity contribution in [3.63, 3.8) is 0 Å². The van der Waals surface area contributed by atoms with Crippen LogP contribution in [0.25, 0.3) is 0 Å². The second-order valence-corrected chi connectivity index (χ2v) is 8.93. The van der Waals surface area contributed by atoms with Crippen molar-refractivity contribution >= 4 is 23.6 Å². The van der Waals surface area contributed by atoms with E-state index in [-0.39, 0.29) is 23.8 Å². The number of carbonyl (C=O) groups excluding carboxylic acids is 2. The number of methoxy groups -OCH3 is 1. The summed E-state index contributed by atoms with van der Waals surface area (Å²) in [6.07, 6.45) is 6.10. The Bertz CT molecular complexity index is 719. The van der Waals surface area contributed by atoms with Crippen LogP contribution in [0.2, 0.25) is 0 Å². The minimum absolute atomic E-state index is 0.0223. The van der Waals surface area contributed by atoms with E-state index in [1.54, 1.807) is 23.8 Å². The van der Waals surface area contributed by atoms with E-state index in [0.29, 0.717) is 24.0 Å². The highest BCUT2D eigenvalue weighted by molar-refractivity contribution is 7.99. The highest BCUT2D eigenvalue weighted by Crippen LogP contribution is 2.37. The van der Waals surface area contributed by atoms with Gasteiger partial charge in [-0.25, -0.2) is 0 Å². The van der Waals surface area contributed by atoms with E-state index in [0.717, 1.165) is 31.6 Å². The fourth-order valence-electron chi connectivity index (χ4n) is 4.15. The molecule has 1 saturated carbocycles. The first-order valence-electron chi connectivity index (χ1n) is 9.97. The van der Waals surface area contributed by atoms with Gasteiger partial charge in [-0.15, -0.1) is 11.8 Å². The van der Waals surface area contributed by atoms with E-state index < -0.39 is 0 Å². The molecule has 5 nitrogen and oxygen atoms in total. The van der Waals surface area contributed by atoms with Crippen LogP contribution in [0.1, 0.15) is 49.1 Å². The van der Waals surface area contributed by atoms with Crippen molar-refractivity contribution in [1.82, 2.24) is 10.2 Å². The van der Waals surface area contributed by atoms with Gasteiger partial charge in [-0.2, -0.15) is 0 Å². The van der Waals surface area contributed by atoms with Crippen LogP contribution in [-0.4, -0.2) is 48.0 Å². The van der Waals surface area contributed by atoms with E-state index in [4.69, 9.17) is 4.74 Å². The molecule has 1 aliphatic heterocycles. The summed E-state index contributed by atoms with van der Waals surface area (Å²) in [6, 6.07) is 5.90. The maximum absolute atomic E-state index is 13.0. The molecule has 2 fully saturated rings. The monoisotopic (exact) mass is 388 g/mol. The number of benzene rings is 1. The average molecular weight is 389 g/mol. The number of rotatable bonds is 6. The molecule has 2 amide bonds. The van der Waals surface area contributed by atoms with Gasteiger partial charge in [0.1, 0.15) is 11.8 Å². The third-order valence-corrected chi connectivity index (χ3v) is 6.99. The predicted molar refractivity (Wildman–Crippen MR) is 107 cm³/mol. The molecule has 0 bridgehead atoms. The molecule has 6 heteroatoms. The Balaban J connectivity index is 1.40. The zero-order chi connectivity index (χ0) is 18.8. The predicted octanol–water partition coefficient (Wildman–Crippen LogP) is 2.93. The highest BCUT2D eigenvalue weighted by atomic mass is 32.2. The Morgan fingerprint density at radius 3 is 2.93 bits per heavy atom. The van der Waals surface area contributed by atoms with Crippen molar-refractivity contribution in [2.45, 2.75) is 50.5 Å². The number of hydrogen-bond acceptors (Lipinski definition) is 4. The Hall–Kier alpha value is -1.69. The van der Waals surface area contributed by atoms with Gasteiger partial charge in [0.05, 0.1) is 13.0 Å². The standard InChI is InChI=1S/C21H28N2O3S/c1-26-17-7-8-18-15(9-17)3-2-4-16(18)10-20(24)23-13-27-12-19(23)21(25)22-11-14-5-6-14/h7-9,14,16,19H,2-6,10-13H2,1H3,(H,22,25). The molecule has 1 saturated heterocycles. The van der Waals surface area contributed by atoms with E-state index in [1.165, 1.54) is 24.0 Å². The van der Waals surface area contributed by atoms with Crippen molar-refractivity contribution in [1.29, 1.82) is 0 Å². The van der Waals surface area contributed by atoms with Crippen molar-refractivity contribution in [3.8, 4) is 5.75 Å². The lowest BCUT2D eigenvalue weighted by atomic mass is 9.80. The molecule has 2 unspecified atom stereocenters. The lowest BCUT2D eigenvalue weighted by Gasteiger charge is -2.29. The molecule has 1 aromatic rings. The van der Waals surface area contributed by atoms with Crippen molar-refractivity contribution in [3.05, 3.63) is 29.3 Å². The number of fused-ring (bicyclic) bond motifs is 1. The Kier molecular flexibility index (Phi) is 5.62. The molecule has 146 valence electrons. The van der Waals surface area contributed by atoms with Crippen LogP contribution >= 0.6 is 11.8 Å². The number of carbonyl (C=O) groups is 2. The number of aryl methyl sites for hydroxylation is 1. The van der Waals surface area contributed by atoms with Crippen LogP contribution in [0.5, 0.6) is 5.75 Å². The molecule has 1 N–H and O–H groups in total. The summed E-state index contributed by atoms with van der Waals surface area (Å²) in [7, 11) is 1.69. The van der Waals surface area contributed by atoms with Crippen LogP contribution < -0.4 is 10.1 Å². The fraction of sp³-hybridized carbons (Fsp3) is 0.619. The van der Waals surface area contributed by atoms with E-state index in [2.05, 4.69) is 17.4 Å². The molecule has 1 aromatic carbocycles. The van der Waals surface area contributed by atoms with Crippen LogP contribution in [0.15, 0.2) is 18.2 Å². The van der Waals surface area contributed by atoms with Gasteiger partial charge in [0.25, 0.3) is 0 Å². The number of ether oxygens (including phenoxy) is 1. The lowest BCUT2D eigenvalue weighted by Crippen LogP contribution is -2.48. The molecule has 0 radical (unpaired) electrons. The first kappa shape index (κ1) is 18.7. The summed E-state index contributed by atoms with van der Waals surface area (Å²) in [5.74, 6) is 3.25. The van der Waals surface area contributed by atoms with Crippen molar-refractivity contribution < 1.29 is 14.3 Å². The van der Waals surface area contributed by atoms with Gasteiger partial charge < -0.3 is 15.0 Å². The lowest BCUT2D eigenvalue weighted by molar-refractivity contribution is -0.138. The largest absolute Gasteiger partial charge is 0.497 e. The molecule has 4 rings (SSSR count). The zero-order valence-corrected chi connectivity index (χ0v) is 16.7. The minimum Gasteiger partial charge on any atom is -0.497 e. The molecule has 2 aliphatic carbocycles. The molecule has 27 heavy (non-hydrogen) atoms. The third-order valence-electron chi connectivity index (χ3n) is 5.98. The summed E-state index contributed by atoms with van der Waals surface area (Å²) in [6.45, 7) is 0.764. The van der Waals surface area contributed by atoms with E-state index in [1.807, 2.05) is 6.07 Å². The van der Waals surface area contributed by atoms with Gasteiger partial charge in [-0.1, -0.05) is 6.07 Å². The number of nitrogens with zero attached hydrogens (tertiary/aromatic N) is 1. The fourth-order valence-corrected chi connectivity index (χ4v) is 5.33. The Morgan fingerprint density at radius 1 is 1.30 bits per heavy atom. The molecular weight excluding hydrogens is 360 g/mol. The smallest absolute Gasteiger partial charge is 0.243 e. The van der Waals surface area contributed by atoms with Gasteiger partial charge >= 0.3 is 0 Å². The van der Waals surface area contributed by atoms with Gasteiger partial charge in [0, 0.05) is 18.7 Å². The number of hydrogen-bond donors (Lipinski definition) is 1. The molecule has 1 heterocycles. The van der Waals surface area contributed by atoms with E-state index >= 15 is 0 Å². The van der Waals surface area contributed by atoms with Crippen molar-refractivity contribution in [2.75, 3.05) is 25.3 Å². The van der Waals surface area contributed by atoms with Crippen molar-refractivity contribution in [2.24, 2.45) is 5.92 Å². The second-order valence-electron chi connectivity index (χ2n) is 7.93. The first-order valence-corrected chi connectivity index (χ1v) is 11.1. The molecule has 2 atom stereocenters. The Labute approximate surface area is 165 Å². The molecule has 3 aliphatic rings. The summed E-state index contributed by atoms with van der Waals surface area (Å²) >= 11 is 1.68. The average Bonchev–Trinajstić information content (AvgIpc) is 3.39. The number of amides is 2. The minimum atomic E-state index is -0.305. The van der Waals surface area contributed by atoms with Crippen LogP contribution in [0, 0.1) is 5.92 Å². The topological polar surface area (TPSA) is 58.6 Å². The maximum Gasteiger partial charge on any atom is 0.243 e. The van der Waals surface area contributed by atoms with Gasteiger partial charge in [0.2, 0.25) is 11.8 Å². The third kappa shape index (κ3) is 4.26. The quantitative estimate of drug-likeness (QED) is 0.814. The van der Waals surface area contributed by atoms with Gasteiger partial charge in [0.15, 0.2) is 0 Å². The van der Waals surface area contributed by atoms with E-state index in [9.17, 15) is 9.59 Å². The normalized spacial score (nSPS) is 24.4. The number of nitrogens with one attached hydrogen (secondary N) is 1. The summed E-state index contributed by atoms with van der Waals surface area (Å²) in [4.78, 5) is 27.3. The summed E-state index contributed by atoms with van der Waals surface area (Å²) < 4.78 is 5.34. The second kappa shape index (κ2) is 8.13. The number of thioether (sulfide) groups is 1. The summed E-state index contributed by atoms with van der Waals surface area (Å²) in [5.41, 5.74) is 2.57. The zero-order valence-electron chi connectivity index (χ0n) is 15.9. The SMILES string of the molecule is COc1ccc2c(c1)CCCC2CC(=O)N1CSCC1C(=O)NCC1CC1. The van der Waals surface area contributed by atoms with Crippen LogP contribution in [0.4, 0.5) is 0 Å². The molecule has 0 spiro atoms. The first-order chi connectivity index (χ1) is 13.2.